The van der Waals surface area contributed by atoms with E-state index in [9.17, 15) is 9.59 Å². The second-order valence-electron chi connectivity index (χ2n) is 13.9. The van der Waals surface area contributed by atoms with Crippen LogP contribution in [0, 0.1) is 35.0 Å². The van der Waals surface area contributed by atoms with Gasteiger partial charge in [-0.1, -0.05) is 89.7 Å². The van der Waals surface area contributed by atoms with Crippen LogP contribution >= 0.6 is 0 Å². The zero-order chi connectivity index (χ0) is 26.6. The van der Waals surface area contributed by atoms with Crippen LogP contribution in [0.2, 0.25) is 0 Å². The number of hydrogen-bond donors (Lipinski definition) is 0. The average molecular weight is 525 g/mol. The molecule has 1 unspecified atom stereocenters. The first-order chi connectivity index (χ1) is 18.7. The third-order valence-corrected chi connectivity index (χ3v) is 11.6. The Balaban J connectivity index is 1.09. The van der Waals surface area contributed by atoms with Crippen LogP contribution in [0.4, 0.5) is 0 Å². The summed E-state index contributed by atoms with van der Waals surface area (Å²) in [6.45, 7) is 2.28. The Bertz CT molecular complexity index is 752. The van der Waals surface area contributed by atoms with Gasteiger partial charge < -0.3 is 0 Å². The summed E-state index contributed by atoms with van der Waals surface area (Å²) in [5.41, 5.74) is -0.262. The van der Waals surface area contributed by atoms with E-state index in [1.807, 2.05) is 0 Å². The molecule has 0 N–H and O–H groups in total. The molecule has 4 fully saturated rings. The number of fused-ring (bicyclic) bond motifs is 5. The van der Waals surface area contributed by atoms with Crippen molar-refractivity contribution in [3.05, 3.63) is 12.2 Å². The number of carbonyl (C=O) groups is 2. The van der Waals surface area contributed by atoms with E-state index < -0.39 is 0 Å². The SMILES string of the molecule is CCCCCCCC/C=C\CCCCCCCC(=O)C[C@]12CC[C@H]3[C@@H](CCC4CCCC[C@@H]43)[C@@H]1CCC2=O. The fourth-order valence-electron chi connectivity index (χ4n) is 9.57. The highest BCUT2D eigenvalue weighted by atomic mass is 16.1. The van der Waals surface area contributed by atoms with Crippen molar-refractivity contribution < 1.29 is 9.59 Å². The zero-order valence-corrected chi connectivity index (χ0v) is 25.0. The number of unbranched alkanes of at least 4 members (excludes halogenated alkanes) is 11. The first-order valence-corrected chi connectivity index (χ1v) is 17.4. The molecule has 4 aliphatic rings. The maximum absolute atomic E-state index is 13.3. The first kappa shape index (κ1) is 30.0. The predicted molar refractivity (Wildman–Crippen MR) is 160 cm³/mol. The Labute approximate surface area is 235 Å². The number of ketones is 2. The minimum Gasteiger partial charge on any atom is -0.300 e. The van der Waals surface area contributed by atoms with Gasteiger partial charge >= 0.3 is 0 Å². The minimum atomic E-state index is -0.262. The van der Waals surface area contributed by atoms with Crippen molar-refractivity contribution >= 4 is 11.6 Å². The minimum absolute atomic E-state index is 0.262. The van der Waals surface area contributed by atoms with Crippen LogP contribution in [0.15, 0.2) is 12.2 Å². The molecule has 4 aliphatic carbocycles. The first-order valence-electron chi connectivity index (χ1n) is 17.4. The van der Waals surface area contributed by atoms with Gasteiger partial charge in [-0.3, -0.25) is 9.59 Å². The molecule has 2 nitrogen and oxygen atoms in total. The van der Waals surface area contributed by atoms with E-state index in [1.165, 1.54) is 122 Å². The summed E-state index contributed by atoms with van der Waals surface area (Å²) in [6, 6.07) is 0. The molecule has 4 rings (SSSR count). The molecule has 0 aliphatic heterocycles. The molecule has 6 atom stereocenters. The second kappa shape index (κ2) is 15.8. The smallest absolute Gasteiger partial charge is 0.139 e. The van der Waals surface area contributed by atoms with E-state index in [2.05, 4.69) is 19.1 Å². The molecule has 4 saturated carbocycles. The van der Waals surface area contributed by atoms with Crippen LogP contribution in [0.25, 0.3) is 0 Å². The maximum atomic E-state index is 13.3. The summed E-state index contributed by atoms with van der Waals surface area (Å²) in [4.78, 5) is 26.4. The van der Waals surface area contributed by atoms with Gasteiger partial charge in [0, 0.05) is 24.7 Å². The van der Waals surface area contributed by atoms with Crippen LogP contribution in [0.5, 0.6) is 0 Å². The van der Waals surface area contributed by atoms with Crippen LogP contribution in [0.1, 0.15) is 167 Å². The van der Waals surface area contributed by atoms with E-state index in [-0.39, 0.29) is 5.41 Å². The Morgan fingerprint density at radius 1 is 0.737 bits per heavy atom. The molecule has 0 aromatic heterocycles. The van der Waals surface area contributed by atoms with Gasteiger partial charge in [0.25, 0.3) is 0 Å². The summed E-state index contributed by atoms with van der Waals surface area (Å²) in [5.74, 6) is 4.88. The van der Waals surface area contributed by atoms with Crippen molar-refractivity contribution in [3.63, 3.8) is 0 Å². The van der Waals surface area contributed by atoms with Crippen LogP contribution in [0.3, 0.4) is 0 Å². The fourth-order valence-corrected chi connectivity index (χ4v) is 9.57. The molecule has 216 valence electrons. The number of allylic oxidation sites excluding steroid dienone is 2. The normalized spacial score (nSPS) is 32.8. The molecule has 0 bridgehead atoms. The van der Waals surface area contributed by atoms with Crippen molar-refractivity contribution in [1.29, 1.82) is 0 Å². The molecule has 0 amide bonds. The molecule has 0 saturated heterocycles. The summed E-state index contributed by atoms with van der Waals surface area (Å²) >= 11 is 0. The van der Waals surface area contributed by atoms with E-state index >= 15 is 0 Å². The Morgan fingerprint density at radius 3 is 2.18 bits per heavy atom. The molecule has 0 aromatic carbocycles. The van der Waals surface area contributed by atoms with E-state index in [1.54, 1.807) is 0 Å². The highest BCUT2D eigenvalue weighted by molar-refractivity contribution is 5.93. The van der Waals surface area contributed by atoms with Crippen molar-refractivity contribution in [2.45, 2.75) is 167 Å². The van der Waals surface area contributed by atoms with Crippen LogP contribution in [-0.2, 0) is 9.59 Å². The topological polar surface area (TPSA) is 34.1 Å². The van der Waals surface area contributed by atoms with Gasteiger partial charge in [0.2, 0.25) is 0 Å². The largest absolute Gasteiger partial charge is 0.300 e. The number of hydrogen-bond acceptors (Lipinski definition) is 2. The van der Waals surface area contributed by atoms with Gasteiger partial charge in [0.05, 0.1) is 0 Å². The summed E-state index contributed by atoms with van der Waals surface area (Å²) < 4.78 is 0. The third kappa shape index (κ3) is 7.84. The number of carbonyl (C=O) groups excluding carboxylic acids is 2. The standard InChI is InChI=1S/C36H60O2/c1-2-3-4-5-6-7-8-9-10-11-12-13-14-15-16-20-30(37)28-36-27-26-32-31-21-18-17-19-29(31)22-23-33(32)34(36)24-25-35(36)38/h9-10,29,31-34H,2-8,11-28H2,1H3/b10-9-/t29?,31-,32+,33+,34-,36+/m0/s1. The Morgan fingerprint density at radius 2 is 1.42 bits per heavy atom. The molecule has 2 heteroatoms. The summed E-state index contributed by atoms with van der Waals surface area (Å²) in [5, 5.41) is 0. The van der Waals surface area contributed by atoms with Gasteiger partial charge in [-0.05, 0) is 100 Å². The van der Waals surface area contributed by atoms with Crippen LogP contribution in [-0.4, -0.2) is 11.6 Å². The predicted octanol–water partition coefficient (Wildman–Crippen LogP) is 10.6. The maximum Gasteiger partial charge on any atom is 0.139 e. The molecular formula is C36H60O2. The molecule has 38 heavy (non-hydrogen) atoms. The van der Waals surface area contributed by atoms with Crippen LogP contribution < -0.4 is 0 Å². The van der Waals surface area contributed by atoms with Gasteiger partial charge in [0.1, 0.15) is 11.6 Å². The average Bonchev–Trinajstić information content (AvgIpc) is 3.26. The lowest BCUT2D eigenvalue weighted by Gasteiger charge is -2.54. The van der Waals surface area contributed by atoms with Crippen molar-refractivity contribution in [2.75, 3.05) is 0 Å². The third-order valence-electron chi connectivity index (χ3n) is 11.6. The number of rotatable bonds is 17. The van der Waals surface area contributed by atoms with Crippen molar-refractivity contribution in [3.8, 4) is 0 Å². The highest BCUT2D eigenvalue weighted by Crippen LogP contribution is 2.62. The lowest BCUT2D eigenvalue weighted by molar-refractivity contribution is -0.141. The van der Waals surface area contributed by atoms with Crippen molar-refractivity contribution in [2.24, 2.45) is 35.0 Å². The van der Waals surface area contributed by atoms with E-state index in [0.717, 1.165) is 49.4 Å². The monoisotopic (exact) mass is 524 g/mol. The number of Topliss-reactive ketones (excluding diaryl/α,β-unsaturated/α-hetero) is 2. The second-order valence-corrected chi connectivity index (χ2v) is 13.9. The molecule has 0 aromatic rings. The molecular weight excluding hydrogens is 464 g/mol. The van der Waals surface area contributed by atoms with E-state index in [0.29, 0.717) is 30.3 Å². The fraction of sp³-hybridized carbons (Fsp3) is 0.889. The lowest BCUT2D eigenvalue weighted by atomic mass is 9.49. The Kier molecular flexibility index (Phi) is 12.5. The molecule has 0 spiro atoms. The molecule has 0 radical (unpaired) electrons. The Hall–Kier alpha value is -0.920. The summed E-state index contributed by atoms with van der Waals surface area (Å²) in [6.07, 6.45) is 35.4. The zero-order valence-electron chi connectivity index (χ0n) is 25.0. The van der Waals surface area contributed by atoms with Gasteiger partial charge in [-0.2, -0.15) is 0 Å². The summed E-state index contributed by atoms with van der Waals surface area (Å²) in [7, 11) is 0. The lowest BCUT2D eigenvalue weighted by Crippen LogP contribution is -2.50. The van der Waals surface area contributed by atoms with Gasteiger partial charge in [-0.25, -0.2) is 0 Å². The van der Waals surface area contributed by atoms with Gasteiger partial charge in [-0.15, -0.1) is 0 Å². The van der Waals surface area contributed by atoms with Gasteiger partial charge in [0.15, 0.2) is 0 Å². The van der Waals surface area contributed by atoms with E-state index in [4.69, 9.17) is 0 Å². The quantitative estimate of drug-likeness (QED) is 0.140. The molecule has 0 heterocycles. The van der Waals surface area contributed by atoms with Crippen molar-refractivity contribution in [1.82, 2.24) is 0 Å². The highest BCUT2D eigenvalue weighted by Gasteiger charge is 2.59.